The van der Waals surface area contributed by atoms with Crippen LogP contribution in [0.3, 0.4) is 0 Å². The van der Waals surface area contributed by atoms with Gasteiger partial charge in [-0.15, -0.1) is 10.2 Å². The molecular weight excluding hydrogens is 479 g/mol. The van der Waals surface area contributed by atoms with Crippen molar-refractivity contribution in [2.75, 3.05) is 54.5 Å². The molecule has 0 spiro atoms. The summed E-state index contributed by atoms with van der Waals surface area (Å²) in [7, 11) is 0. The second-order valence-corrected chi connectivity index (χ2v) is 9.07. The number of anilines is 3. The molecule has 2 aromatic carbocycles. The molecule has 0 aliphatic carbocycles. The second-order valence-electron chi connectivity index (χ2n) is 8.64. The highest BCUT2D eigenvalue weighted by atomic mass is 35.5. The van der Waals surface area contributed by atoms with E-state index in [1.54, 1.807) is 6.92 Å². The quantitative estimate of drug-likeness (QED) is 0.497. The first kappa shape index (κ1) is 23.7. The second kappa shape index (κ2) is 9.54. The zero-order valence-electron chi connectivity index (χ0n) is 19.1. The maximum absolute atomic E-state index is 13.7. The predicted octanol–water partition coefficient (Wildman–Crippen LogP) is 5.65. The molecule has 1 saturated heterocycles. The molecular formula is C25H25ClF3N5O. The van der Waals surface area contributed by atoms with Crippen LogP contribution in [-0.4, -0.2) is 49.6 Å². The smallest absolute Gasteiger partial charge is 0.378 e. The van der Waals surface area contributed by atoms with E-state index in [1.807, 2.05) is 35.2 Å². The summed E-state index contributed by atoms with van der Waals surface area (Å²) in [5, 5.41) is 12.2. The van der Waals surface area contributed by atoms with Crippen LogP contribution in [0.25, 0.3) is 11.3 Å². The minimum absolute atomic E-state index is 0.131. The monoisotopic (exact) mass is 503 g/mol. The molecule has 1 fully saturated rings. The van der Waals surface area contributed by atoms with Crippen LogP contribution in [0.2, 0.25) is 5.02 Å². The third-order valence-corrected chi connectivity index (χ3v) is 6.74. The summed E-state index contributed by atoms with van der Waals surface area (Å²) in [4.78, 5) is 4.19. The van der Waals surface area contributed by atoms with Crippen molar-refractivity contribution in [2.45, 2.75) is 19.1 Å². The summed E-state index contributed by atoms with van der Waals surface area (Å²) < 4.78 is 46.7. The highest BCUT2D eigenvalue weighted by molar-refractivity contribution is 6.30. The average Bonchev–Trinajstić information content (AvgIpc) is 2.87. The number of alkyl halides is 3. The van der Waals surface area contributed by atoms with Gasteiger partial charge in [-0.25, -0.2) is 0 Å². The molecule has 0 saturated carbocycles. The molecule has 10 heteroatoms. The van der Waals surface area contributed by atoms with E-state index in [0.717, 1.165) is 30.4 Å². The van der Waals surface area contributed by atoms with Gasteiger partial charge in [-0.05, 0) is 48.9 Å². The molecule has 5 rings (SSSR count). The number of nitrogens with one attached hydrogen (secondary N) is 1. The molecule has 0 bridgehead atoms. The molecule has 2 aliphatic rings. The van der Waals surface area contributed by atoms with E-state index >= 15 is 0 Å². The van der Waals surface area contributed by atoms with Crippen molar-refractivity contribution in [3.05, 3.63) is 64.7 Å². The number of aromatic nitrogens is 2. The van der Waals surface area contributed by atoms with E-state index in [4.69, 9.17) is 16.3 Å². The molecule has 3 aromatic rings. The lowest BCUT2D eigenvalue weighted by molar-refractivity contribution is -0.138. The summed E-state index contributed by atoms with van der Waals surface area (Å²) in [6.07, 6.45) is -4.48. The van der Waals surface area contributed by atoms with Crippen molar-refractivity contribution < 1.29 is 17.9 Å². The Labute approximate surface area is 206 Å². The van der Waals surface area contributed by atoms with E-state index in [1.165, 1.54) is 12.1 Å². The molecule has 1 N–H and O–H groups in total. The van der Waals surface area contributed by atoms with Crippen LogP contribution in [0.5, 0.6) is 0 Å². The molecule has 0 radical (unpaired) electrons. The lowest BCUT2D eigenvalue weighted by atomic mass is 9.98. The molecule has 0 amide bonds. The Kier molecular flexibility index (Phi) is 6.46. The van der Waals surface area contributed by atoms with Gasteiger partial charge in [-0.3, -0.25) is 0 Å². The predicted molar refractivity (Wildman–Crippen MR) is 131 cm³/mol. The molecule has 184 valence electrons. The van der Waals surface area contributed by atoms with E-state index in [9.17, 15) is 13.2 Å². The van der Waals surface area contributed by atoms with E-state index in [2.05, 4.69) is 20.4 Å². The van der Waals surface area contributed by atoms with Crippen LogP contribution >= 0.6 is 11.6 Å². The molecule has 6 nitrogen and oxygen atoms in total. The topological polar surface area (TPSA) is 53.5 Å². The average molecular weight is 504 g/mol. The summed E-state index contributed by atoms with van der Waals surface area (Å²) >= 11 is 6.09. The fourth-order valence-electron chi connectivity index (χ4n) is 4.66. The number of hydrogen-bond acceptors (Lipinski definition) is 6. The van der Waals surface area contributed by atoms with Gasteiger partial charge in [0.2, 0.25) is 0 Å². The van der Waals surface area contributed by atoms with Gasteiger partial charge in [0.05, 0.1) is 36.2 Å². The lowest BCUT2D eigenvalue weighted by Crippen LogP contribution is -2.37. The first-order chi connectivity index (χ1) is 16.8. The van der Waals surface area contributed by atoms with Crippen LogP contribution in [0, 0.1) is 0 Å². The minimum Gasteiger partial charge on any atom is -0.378 e. The lowest BCUT2D eigenvalue weighted by Gasteiger charge is -2.37. The number of ether oxygens (including phenoxy) is 1. The van der Waals surface area contributed by atoms with Gasteiger partial charge in [0.25, 0.3) is 0 Å². The van der Waals surface area contributed by atoms with E-state index in [0.29, 0.717) is 43.5 Å². The molecule has 3 heterocycles. The number of nitrogens with zero attached hydrogens (tertiary/aromatic N) is 4. The highest BCUT2D eigenvalue weighted by Gasteiger charge is 2.36. The van der Waals surface area contributed by atoms with Crippen molar-refractivity contribution in [2.24, 2.45) is 0 Å². The Morgan fingerprint density at radius 3 is 2.46 bits per heavy atom. The largest absolute Gasteiger partial charge is 0.416 e. The van der Waals surface area contributed by atoms with E-state index < -0.39 is 17.8 Å². The molecule has 1 aromatic heterocycles. The zero-order chi connectivity index (χ0) is 24.6. The molecule has 35 heavy (non-hydrogen) atoms. The third kappa shape index (κ3) is 4.88. The van der Waals surface area contributed by atoms with Crippen molar-refractivity contribution in [3.63, 3.8) is 0 Å². The Balaban J connectivity index is 1.47. The minimum atomic E-state index is -4.48. The molecule has 2 aliphatic heterocycles. The standard InChI is InChI=1S/C25H25ClF3N5O/c1-16(20-14-18(26)4-7-21(20)25(27,28)29)34-9-8-30-24-23(34)15-22(31-32-24)17-2-5-19(6-3-17)33-10-12-35-13-11-33/h2-7,14-16H,8-13H2,1H3,(H,30,32)/t16-/m1/s1. The number of rotatable bonds is 4. The van der Waals surface area contributed by atoms with Gasteiger partial charge in [0.1, 0.15) is 0 Å². The summed E-state index contributed by atoms with van der Waals surface area (Å²) in [5.74, 6) is 0.548. The number of halogens is 4. The van der Waals surface area contributed by atoms with Crippen molar-refractivity contribution in [1.82, 2.24) is 10.2 Å². The van der Waals surface area contributed by atoms with Crippen LogP contribution in [0.1, 0.15) is 24.1 Å². The van der Waals surface area contributed by atoms with Crippen LogP contribution in [0.15, 0.2) is 48.5 Å². The summed E-state index contributed by atoms with van der Waals surface area (Å²) in [5.41, 5.74) is 2.80. The van der Waals surface area contributed by atoms with Gasteiger partial charge in [0.15, 0.2) is 5.82 Å². The Morgan fingerprint density at radius 2 is 1.74 bits per heavy atom. The number of morpholine rings is 1. The van der Waals surface area contributed by atoms with Gasteiger partial charge in [-0.2, -0.15) is 13.2 Å². The molecule has 1 atom stereocenters. The van der Waals surface area contributed by atoms with Crippen LogP contribution in [0.4, 0.5) is 30.4 Å². The van der Waals surface area contributed by atoms with Crippen LogP contribution in [-0.2, 0) is 10.9 Å². The SMILES string of the molecule is C[C@H](c1cc(Cl)ccc1C(F)(F)F)N1CCNc2nnc(-c3ccc(N4CCOCC4)cc3)cc21. The summed E-state index contributed by atoms with van der Waals surface area (Å²) in [6, 6.07) is 13.1. The third-order valence-electron chi connectivity index (χ3n) is 6.50. The van der Waals surface area contributed by atoms with Crippen LogP contribution < -0.4 is 15.1 Å². The van der Waals surface area contributed by atoms with Gasteiger partial charge in [0, 0.05) is 42.5 Å². The van der Waals surface area contributed by atoms with Gasteiger partial charge >= 0.3 is 6.18 Å². The maximum Gasteiger partial charge on any atom is 0.416 e. The van der Waals surface area contributed by atoms with Crippen molar-refractivity contribution in [1.29, 1.82) is 0 Å². The Hall–Kier alpha value is -3.04. The van der Waals surface area contributed by atoms with Crippen molar-refractivity contribution >= 4 is 28.8 Å². The van der Waals surface area contributed by atoms with E-state index in [-0.39, 0.29) is 10.6 Å². The normalized spacial score (nSPS) is 17.1. The van der Waals surface area contributed by atoms with Gasteiger partial charge in [-0.1, -0.05) is 23.7 Å². The Bertz CT molecular complexity index is 1200. The molecule has 0 unspecified atom stereocenters. The number of hydrogen-bond donors (Lipinski definition) is 1. The number of benzene rings is 2. The van der Waals surface area contributed by atoms with Crippen molar-refractivity contribution in [3.8, 4) is 11.3 Å². The zero-order valence-corrected chi connectivity index (χ0v) is 19.9. The fourth-order valence-corrected chi connectivity index (χ4v) is 4.84. The fraction of sp³-hybridized carbons (Fsp3) is 0.360. The Morgan fingerprint density at radius 1 is 1.00 bits per heavy atom. The van der Waals surface area contributed by atoms with Gasteiger partial charge < -0.3 is 19.9 Å². The first-order valence-electron chi connectivity index (χ1n) is 11.5. The summed E-state index contributed by atoms with van der Waals surface area (Å²) in [6.45, 7) is 5.93. The number of fused-ring (bicyclic) bond motifs is 1. The highest BCUT2D eigenvalue weighted by Crippen LogP contribution is 2.41. The maximum atomic E-state index is 13.7. The first-order valence-corrected chi connectivity index (χ1v) is 11.9.